The zero-order valence-corrected chi connectivity index (χ0v) is 12.6. The molecule has 1 heterocycles. The van der Waals surface area contributed by atoms with E-state index in [-0.39, 0.29) is 17.8 Å². The Morgan fingerprint density at radius 1 is 1.43 bits per heavy atom. The number of hydrogen-bond donors (Lipinski definition) is 1. The first-order valence-corrected chi connectivity index (χ1v) is 7.64. The van der Waals surface area contributed by atoms with Crippen molar-refractivity contribution in [3.63, 3.8) is 0 Å². The smallest absolute Gasteiger partial charge is 0.244 e. The van der Waals surface area contributed by atoms with E-state index in [2.05, 4.69) is 0 Å². The number of anilines is 1. The summed E-state index contributed by atoms with van der Waals surface area (Å²) < 4.78 is 13.5. The maximum atomic E-state index is 13.5. The van der Waals surface area contributed by atoms with Crippen LogP contribution in [-0.2, 0) is 4.79 Å². The Balaban J connectivity index is 2.16. The van der Waals surface area contributed by atoms with E-state index in [1.807, 2.05) is 22.8 Å². The Kier molecular flexibility index (Phi) is 5.56. The van der Waals surface area contributed by atoms with Gasteiger partial charge in [0.1, 0.15) is 11.9 Å². The molecule has 1 saturated heterocycles. The maximum absolute atomic E-state index is 13.5. The molecule has 2 rings (SSSR count). The van der Waals surface area contributed by atoms with E-state index in [9.17, 15) is 9.18 Å². The summed E-state index contributed by atoms with van der Waals surface area (Å²) in [4.78, 5) is 16.4. The van der Waals surface area contributed by atoms with Gasteiger partial charge in [-0.2, -0.15) is 0 Å². The number of carbonyl (C=O) groups is 1. The highest BCUT2D eigenvalue weighted by atomic mass is 19.1. The highest BCUT2D eigenvalue weighted by Gasteiger charge is 2.27. The van der Waals surface area contributed by atoms with E-state index in [1.165, 1.54) is 12.1 Å². The molecule has 1 atom stereocenters. The molecular formula is C16H24FN3O. The van der Waals surface area contributed by atoms with E-state index in [1.54, 1.807) is 6.07 Å². The summed E-state index contributed by atoms with van der Waals surface area (Å²) in [5.74, 6) is -0.167. The maximum Gasteiger partial charge on any atom is 0.244 e. The van der Waals surface area contributed by atoms with Crippen molar-refractivity contribution >= 4 is 11.6 Å². The molecular weight excluding hydrogens is 269 g/mol. The molecule has 21 heavy (non-hydrogen) atoms. The van der Waals surface area contributed by atoms with Gasteiger partial charge in [-0.1, -0.05) is 6.07 Å². The number of rotatable bonds is 6. The van der Waals surface area contributed by atoms with Gasteiger partial charge in [-0.25, -0.2) is 4.39 Å². The summed E-state index contributed by atoms with van der Waals surface area (Å²) in [7, 11) is 0. The summed E-state index contributed by atoms with van der Waals surface area (Å²) in [6, 6.07) is 6.11. The normalized spacial score (nSPS) is 16.0. The number of nitrogens with two attached hydrogens (primary N) is 1. The van der Waals surface area contributed by atoms with E-state index in [0.29, 0.717) is 13.1 Å². The quantitative estimate of drug-likeness (QED) is 0.872. The fourth-order valence-corrected chi connectivity index (χ4v) is 2.80. The molecule has 1 aliphatic rings. The second kappa shape index (κ2) is 7.41. The van der Waals surface area contributed by atoms with Gasteiger partial charge in [0.05, 0.1) is 0 Å². The van der Waals surface area contributed by atoms with Gasteiger partial charge in [-0.05, 0) is 50.9 Å². The average Bonchev–Trinajstić information content (AvgIpc) is 3.01. The zero-order valence-electron chi connectivity index (χ0n) is 12.6. The van der Waals surface area contributed by atoms with Crippen LogP contribution in [0.4, 0.5) is 10.1 Å². The van der Waals surface area contributed by atoms with Gasteiger partial charge in [0, 0.05) is 25.3 Å². The lowest BCUT2D eigenvalue weighted by molar-refractivity contribution is -0.131. The minimum Gasteiger partial charge on any atom is -0.360 e. The molecule has 1 unspecified atom stereocenters. The van der Waals surface area contributed by atoms with E-state index < -0.39 is 0 Å². The van der Waals surface area contributed by atoms with Crippen molar-refractivity contribution in [2.45, 2.75) is 32.2 Å². The third-order valence-electron chi connectivity index (χ3n) is 3.99. The zero-order chi connectivity index (χ0) is 15.2. The minimum absolute atomic E-state index is 0.119. The molecule has 1 aromatic rings. The average molecular weight is 293 g/mol. The predicted molar refractivity (Wildman–Crippen MR) is 82.7 cm³/mol. The molecule has 1 fully saturated rings. The van der Waals surface area contributed by atoms with Crippen LogP contribution in [0.5, 0.6) is 0 Å². The lowest BCUT2D eigenvalue weighted by Crippen LogP contribution is -2.47. The molecule has 116 valence electrons. The number of benzene rings is 1. The third-order valence-corrected chi connectivity index (χ3v) is 3.99. The van der Waals surface area contributed by atoms with Gasteiger partial charge in [0.15, 0.2) is 0 Å². The molecule has 0 radical (unpaired) electrons. The van der Waals surface area contributed by atoms with Crippen LogP contribution in [0.15, 0.2) is 24.3 Å². The summed E-state index contributed by atoms with van der Waals surface area (Å²) in [5.41, 5.74) is 6.33. The summed E-state index contributed by atoms with van der Waals surface area (Å²) in [6.07, 6.45) is 2.91. The number of likely N-dealkylation sites (tertiary alicyclic amines) is 1. The van der Waals surface area contributed by atoms with Crippen molar-refractivity contribution < 1.29 is 9.18 Å². The highest BCUT2D eigenvalue weighted by Crippen LogP contribution is 2.21. The van der Waals surface area contributed by atoms with Crippen LogP contribution in [0, 0.1) is 5.82 Å². The standard InChI is InChI=1S/C16H24FN3O/c1-13(16(21)19-9-2-3-10-19)20(11-5-8-18)15-7-4-6-14(17)12-15/h4,6-7,12-13H,2-3,5,8-11,18H2,1H3. The Bertz CT molecular complexity index is 474. The topological polar surface area (TPSA) is 49.6 Å². The molecule has 5 heteroatoms. The molecule has 0 aromatic heterocycles. The molecule has 1 aromatic carbocycles. The van der Waals surface area contributed by atoms with Crippen LogP contribution in [0.2, 0.25) is 0 Å². The first kappa shape index (κ1) is 15.8. The lowest BCUT2D eigenvalue weighted by atomic mass is 10.1. The number of nitrogens with zero attached hydrogens (tertiary/aromatic N) is 2. The second-order valence-corrected chi connectivity index (χ2v) is 5.52. The monoisotopic (exact) mass is 293 g/mol. The van der Waals surface area contributed by atoms with Crippen LogP contribution in [0.1, 0.15) is 26.2 Å². The number of halogens is 1. The van der Waals surface area contributed by atoms with Gasteiger partial charge in [-0.15, -0.1) is 0 Å². The predicted octanol–water partition coefficient (Wildman–Crippen LogP) is 1.99. The van der Waals surface area contributed by atoms with Crippen LogP contribution >= 0.6 is 0 Å². The fraction of sp³-hybridized carbons (Fsp3) is 0.562. The summed E-state index contributed by atoms with van der Waals surface area (Å²) in [5, 5.41) is 0. The van der Waals surface area contributed by atoms with E-state index in [0.717, 1.165) is 38.0 Å². The Morgan fingerprint density at radius 3 is 2.76 bits per heavy atom. The molecule has 0 aliphatic carbocycles. The molecule has 1 aliphatic heterocycles. The Morgan fingerprint density at radius 2 is 2.14 bits per heavy atom. The molecule has 2 N–H and O–H groups in total. The summed E-state index contributed by atoms with van der Waals surface area (Å²) in [6.45, 7) is 4.76. The van der Waals surface area contributed by atoms with Crippen molar-refractivity contribution in [1.82, 2.24) is 4.90 Å². The second-order valence-electron chi connectivity index (χ2n) is 5.52. The lowest BCUT2D eigenvalue weighted by Gasteiger charge is -2.33. The summed E-state index contributed by atoms with van der Waals surface area (Å²) >= 11 is 0. The third kappa shape index (κ3) is 3.94. The molecule has 0 saturated carbocycles. The number of amides is 1. The van der Waals surface area contributed by atoms with Gasteiger partial charge < -0.3 is 15.5 Å². The highest BCUT2D eigenvalue weighted by molar-refractivity contribution is 5.85. The SMILES string of the molecule is CC(C(=O)N1CCCC1)N(CCCN)c1cccc(F)c1. The number of hydrogen-bond acceptors (Lipinski definition) is 3. The minimum atomic E-state index is -0.295. The number of carbonyl (C=O) groups excluding carboxylic acids is 1. The van der Waals surface area contributed by atoms with Gasteiger partial charge in [0.2, 0.25) is 5.91 Å². The first-order chi connectivity index (χ1) is 10.1. The fourth-order valence-electron chi connectivity index (χ4n) is 2.80. The Labute approximate surface area is 125 Å². The van der Waals surface area contributed by atoms with Crippen LogP contribution in [0.25, 0.3) is 0 Å². The van der Waals surface area contributed by atoms with Crippen LogP contribution in [-0.4, -0.2) is 43.0 Å². The van der Waals surface area contributed by atoms with Gasteiger partial charge in [-0.3, -0.25) is 4.79 Å². The van der Waals surface area contributed by atoms with Crippen LogP contribution < -0.4 is 10.6 Å². The first-order valence-electron chi connectivity index (χ1n) is 7.64. The van der Waals surface area contributed by atoms with Crippen molar-refractivity contribution in [2.75, 3.05) is 31.1 Å². The van der Waals surface area contributed by atoms with Gasteiger partial charge in [0.25, 0.3) is 0 Å². The van der Waals surface area contributed by atoms with Crippen molar-refractivity contribution in [2.24, 2.45) is 5.73 Å². The van der Waals surface area contributed by atoms with Crippen molar-refractivity contribution in [3.8, 4) is 0 Å². The molecule has 0 spiro atoms. The molecule has 1 amide bonds. The Hall–Kier alpha value is -1.62. The van der Waals surface area contributed by atoms with Crippen molar-refractivity contribution in [1.29, 1.82) is 0 Å². The van der Waals surface area contributed by atoms with Crippen molar-refractivity contribution in [3.05, 3.63) is 30.1 Å². The van der Waals surface area contributed by atoms with Gasteiger partial charge >= 0.3 is 0 Å². The molecule has 4 nitrogen and oxygen atoms in total. The van der Waals surface area contributed by atoms with E-state index in [4.69, 9.17) is 5.73 Å². The largest absolute Gasteiger partial charge is 0.360 e. The molecule has 0 bridgehead atoms. The van der Waals surface area contributed by atoms with Crippen LogP contribution in [0.3, 0.4) is 0 Å². The van der Waals surface area contributed by atoms with E-state index >= 15 is 0 Å².